The molecule has 3 rings (SSSR count). The van der Waals surface area contributed by atoms with Gasteiger partial charge < -0.3 is 19.7 Å². The SMILES string of the molecule is COc1ccc(OCCCC(=O)N(Cc2ccc(C)cc2)C(Cc2ccccc2)C(=O)NC(C)(C)C)cc1. The number of hydrogen-bond acceptors (Lipinski definition) is 4. The fourth-order valence-electron chi connectivity index (χ4n) is 4.13. The maximum absolute atomic E-state index is 13.7. The zero-order chi connectivity index (χ0) is 27.5. The Morgan fingerprint density at radius 3 is 2.11 bits per heavy atom. The summed E-state index contributed by atoms with van der Waals surface area (Å²) in [6, 6.07) is 24.7. The molecule has 1 N–H and O–H groups in total. The van der Waals surface area contributed by atoms with Gasteiger partial charge in [-0.15, -0.1) is 0 Å². The lowest BCUT2D eigenvalue weighted by molar-refractivity contribution is -0.142. The minimum atomic E-state index is -0.645. The molecule has 3 aromatic carbocycles. The normalized spacial score (nSPS) is 11.9. The van der Waals surface area contributed by atoms with Crippen molar-refractivity contribution in [2.24, 2.45) is 0 Å². The molecule has 0 aromatic heterocycles. The molecular formula is C32H40N2O4. The van der Waals surface area contributed by atoms with E-state index in [0.29, 0.717) is 26.0 Å². The van der Waals surface area contributed by atoms with E-state index in [9.17, 15) is 9.59 Å². The smallest absolute Gasteiger partial charge is 0.243 e. The summed E-state index contributed by atoms with van der Waals surface area (Å²) in [5.41, 5.74) is 2.72. The molecule has 0 saturated carbocycles. The Kier molecular flexibility index (Phi) is 10.3. The van der Waals surface area contributed by atoms with Crippen LogP contribution in [0.4, 0.5) is 0 Å². The molecule has 0 spiro atoms. The Morgan fingerprint density at radius 2 is 1.50 bits per heavy atom. The van der Waals surface area contributed by atoms with Gasteiger partial charge in [-0.2, -0.15) is 0 Å². The molecule has 6 heteroatoms. The summed E-state index contributed by atoms with van der Waals surface area (Å²) < 4.78 is 11.0. The molecule has 0 radical (unpaired) electrons. The molecule has 202 valence electrons. The first-order valence-corrected chi connectivity index (χ1v) is 13.1. The molecule has 0 aliphatic rings. The van der Waals surface area contributed by atoms with Gasteiger partial charge in [0.1, 0.15) is 17.5 Å². The maximum Gasteiger partial charge on any atom is 0.243 e. The molecule has 6 nitrogen and oxygen atoms in total. The van der Waals surface area contributed by atoms with Crippen LogP contribution in [0.15, 0.2) is 78.9 Å². The lowest BCUT2D eigenvalue weighted by atomic mass is 10.00. The second kappa shape index (κ2) is 13.7. The number of nitrogens with zero attached hydrogens (tertiary/aromatic N) is 1. The quantitative estimate of drug-likeness (QED) is 0.313. The lowest BCUT2D eigenvalue weighted by Crippen LogP contribution is -2.54. The maximum atomic E-state index is 13.7. The zero-order valence-corrected chi connectivity index (χ0v) is 23.2. The fraction of sp³-hybridized carbons (Fsp3) is 0.375. The fourth-order valence-corrected chi connectivity index (χ4v) is 4.13. The number of rotatable bonds is 12. The molecule has 0 saturated heterocycles. The minimum absolute atomic E-state index is 0.0751. The highest BCUT2D eigenvalue weighted by molar-refractivity contribution is 5.88. The third kappa shape index (κ3) is 9.25. The van der Waals surface area contributed by atoms with Gasteiger partial charge in [0.2, 0.25) is 11.8 Å². The van der Waals surface area contributed by atoms with E-state index in [4.69, 9.17) is 9.47 Å². The van der Waals surface area contributed by atoms with E-state index in [1.54, 1.807) is 12.0 Å². The largest absolute Gasteiger partial charge is 0.497 e. The molecule has 0 aliphatic carbocycles. The highest BCUT2D eigenvalue weighted by atomic mass is 16.5. The second-order valence-electron chi connectivity index (χ2n) is 10.6. The Morgan fingerprint density at radius 1 is 0.868 bits per heavy atom. The van der Waals surface area contributed by atoms with Gasteiger partial charge in [-0.1, -0.05) is 60.2 Å². The number of aryl methyl sites for hydroxylation is 1. The van der Waals surface area contributed by atoms with Crippen LogP contribution in [0.5, 0.6) is 11.5 Å². The van der Waals surface area contributed by atoms with Crippen molar-refractivity contribution < 1.29 is 19.1 Å². The summed E-state index contributed by atoms with van der Waals surface area (Å²) >= 11 is 0. The zero-order valence-electron chi connectivity index (χ0n) is 23.2. The Hall–Kier alpha value is -3.80. The summed E-state index contributed by atoms with van der Waals surface area (Å²) in [6.07, 6.45) is 1.24. The molecule has 0 fully saturated rings. The first kappa shape index (κ1) is 28.8. The average Bonchev–Trinajstić information content (AvgIpc) is 2.89. The van der Waals surface area contributed by atoms with Crippen molar-refractivity contribution >= 4 is 11.8 Å². The van der Waals surface area contributed by atoms with E-state index in [2.05, 4.69) is 5.32 Å². The van der Waals surface area contributed by atoms with E-state index in [1.807, 2.05) is 107 Å². The first-order valence-electron chi connectivity index (χ1n) is 13.1. The van der Waals surface area contributed by atoms with Crippen molar-refractivity contribution in [3.63, 3.8) is 0 Å². The summed E-state index contributed by atoms with van der Waals surface area (Å²) in [7, 11) is 1.62. The Balaban J connectivity index is 1.78. The van der Waals surface area contributed by atoms with E-state index >= 15 is 0 Å². The average molecular weight is 517 g/mol. The van der Waals surface area contributed by atoms with Crippen LogP contribution < -0.4 is 14.8 Å². The van der Waals surface area contributed by atoms with Gasteiger partial charge in [0.15, 0.2) is 0 Å². The second-order valence-corrected chi connectivity index (χ2v) is 10.6. The third-order valence-electron chi connectivity index (χ3n) is 6.11. The number of carbonyl (C=O) groups excluding carboxylic acids is 2. The number of hydrogen-bond donors (Lipinski definition) is 1. The van der Waals surface area contributed by atoms with Crippen LogP contribution in [0.2, 0.25) is 0 Å². The van der Waals surface area contributed by atoms with Crippen molar-refractivity contribution in [3.05, 3.63) is 95.6 Å². The van der Waals surface area contributed by atoms with Crippen LogP contribution in [0, 0.1) is 6.92 Å². The van der Waals surface area contributed by atoms with Gasteiger partial charge in [0, 0.05) is 24.9 Å². The van der Waals surface area contributed by atoms with Crippen LogP contribution in [-0.2, 0) is 22.6 Å². The predicted octanol–water partition coefficient (Wildman–Crippen LogP) is 5.72. The van der Waals surface area contributed by atoms with Crippen molar-refractivity contribution in [3.8, 4) is 11.5 Å². The highest BCUT2D eigenvalue weighted by Gasteiger charge is 2.32. The predicted molar refractivity (Wildman–Crippen MR) is 151 cm³/mol. The van der Waals surface area contributed by atoms with Crippen LogP contribution in [0.1, 0.15) is 50.3 Å². The van der Waals surface area contributed by atoms with E-state index in [0.717, 1.165) is 28.2 Å². The van der Waals surface area contributed by atoms with E-state index in [-0.39, 0.29) is 18.2 Å². The van der Waals surface area contributed by atoms with Gasteiger partial charge >= 0.3 is 0 Å². The first-order chi connectivity index (χ1) is 18.1. The van der Waals surface area contributed by atoms with Gasteiger partial charge in [-0.05, 0) is 69.5 Å². The molecule has 2 amide bonds. The summed E-state index contributed by atoms with van der Waals surface area (Å²) in [4.78, 5) is 29.0. The lowest BCUT2D eigenvalue weighted by Gasteiger charge is -2.34. The van der Waals surface area contributed by atoms with Crippen molar-refractivity contribution in [2.45, 2.75) is 65.1 Å². The number of ether oxygens (including phenoxy) is 2. The van der Waals surface area contributed by atoms with Gasteiger partial charge in [-0.3, -0.25) is 9.59 Å². The molecule has 38 heavy (non-hydrogen) atoms. The van der Waals surface area contributed by atoms with Crippen LogP contribution >= 0.6 is 0 Å². The monoisotopic (exact) mass is 516 g/mol. The number of nitrogens with one attached hydrogen (secondary N) is 1. The minimum Gasteiger partial charge on any atom is -0.497 e. The highest BCUT2D eigenvalue weighted by Crippen LogP contribution is 2.19. The third-order valence-corrected chi connectivity index (χ3v) is 6.11. The van der Waals surface area contributed by atoms with Crippen molar-refractivity contribution in [2.75, 3.05) is 13.7 Å². The molecule has 0 bridgehead atoms. The number of methoxy groups -OCH3 is 1. The van der Waals surface area contributed by atoms with Crippen LogP contribution in [0.3, 0.4) is 0 Å². The summed E-state index contributed by atoms with van der Waals surface area (Å²) in [5, 5.41) is 3.10. The molecule has 0 heterocycles. The Labute approximate surface area is 227 Å². The number of carbonyl (C=O) groups is 2. The van der Waals surface area contributed by atoms with Gasteiger partial charge in [0.25, 0.3) is 0 Å². The van der Waals surface area contributed by atoms with Crippen LogP contribution in [0.25, 0.3) is 0 Å². The molecule has 1 atom stereocenters. The van der Waals surface area contributed by atoms with E-state index < -0.39 is 11.6 Å². The van der Waals surface area contributed by atoms with Crippen LogP contribution in [-0.4, -0.2) is 42.0 Å². The Bertz CT molecular complexity index is 1150. The van der Waals surface area contributed by atoms with Gasteiger partial charge in [-0.25, -0.2) is 0 Å². The molecule has 3 aromatic rings. The summed E-state index contributed by atoms with van der Waals surface area (Å²) in [5.74, 6) is 1.25. The topological polar surface area (TPSA) is 67.9 Å². The summed E-state index contributed by atoms with van der Waals surface area (Å²) in [6.45, 7) is 8.64. The number of amides is 2. The molecular weight excluding hydrogens is 476 g/mol. The van der Waals surface area contributed by atoms with Crippen molar-refractivity contribution in [1.29, 1.82) is 0 Å². The van der Waals surface area contributed by atoms with E-state index in [1.165, 1.54) is 0 Å². The number of benzene rings is 3. The molecule has 1 unspecified atom stereocenters. The standard InChI is InChI=1S/C32H40N2O4/c1-24-13-15-26(16-14-24)23-34(30(35)12-9-21-38-28-19-17-27(37-5)18-20-28)29(31(36)33-32(2,3)4)22-25-10-7-6-8-11-25/h6-8,10-11,13-20,29H,9,12,21-23H2,1-5H3,(H,33,36). The molecule has 0 aliphatic heterocycles. The van der Waals surface area contributed by atoms with Crippen molar-refractivity contribution in [1.82, 2.24) is 10.2 Å². The van der Waals surface area contributed by atoms with Gasteiger partial charge in [0.05, 0.1) is 13.7 Å².